The molecule has 0 spiro atoms. The van der Waals surface area contributed by atoms with Gasteiger partial charge in [0.2, 0.25) is 0 Å². The molecule has 4 aromatic rings. The van der Waals surface area contributed by atoms with Crippen molar-refractivity contribution in [2.24, 2.45) is 7.05 Å². The van der Waals surface area contributed by atoms with Gasteiger partial charge in [-0.05, 0) is 36.6 Å². The Balaban J connectivity index is 1.69. The van der Waals surface area contributed by atoms with E-state index in [2.05, 4.69) is 56.6 Å². The fraction of sp³-hybridized carbons (Fsp3) is 0.263. The first-order valence-electron chi connectivity index (χ1n) is 8.37. The molecule has 0 aliphatic heterocycles. The molecule has 0 aliphatic rings. The summed E-state index contributed by atoms with van der Waals surface area (Å²) < 4.78 is 1.97. The van der Waals surface area contributed by atoms with Crippen LogP contribution in [0, 0.1) is 6.92 Å². The van der Waals surface area contributed by atoms with E-state index in [1.165, 1.54) is 5.56 Å². The normalized spacial score (nSPS) is 12.6. The molecule has 126 valence electrons. The van der Waals surface area contributed by atoms with E-state index < -0.39 is 0 Å². The molecule has 0 amide bonds. The smallest absolute Gasteiger partial charge is 0.133 e. The lowest BCUT2D eigenvalue weighted by molar-refractivity contribution is 0.681. The topological polar surface area (TPSA) is 72.3 Å². The minimum atomic E-state index is 0.336. The molecular weight excluding hydrogens is 312 g/mol. The van der Waals surface area contributed by atoms with Crippen LogP contribution in [0.15, 0.2) is 42.7 Å². The molecule has 1 unspecified atom stereocenters. The molecule has 4 rings (SSSR count). The number of pyridine rings is 1. The van der Waals surface area contributed by atoms with Gasteiger partial charge in [0.05, 0.1) is 5.52 Å². The van der Waals surface area contributed by atoms with E-state index in [9.17, 15) is 0 Å². The number of fused-ring (bicyclic) bond motifs is 1. The third kappa shape index (κ3) is 2.91. The fourth-order valence-corrected chi connectivity index (χ4v) is 3.07. The fourth-order valence-electron chi connectivity index (χ4n) is 3.07. The van der Waals surface area contributed by atoms with Gasteiger partial charge in [-0.1, -0.05) is 25.1 Å². The van der Waals surface area contributed by atoms with Crippen molar-refractivity contribution in [2.75, 3.05) is 0 Å². The van der Waals surface area contributed by atoms with Gasteiger partial charge in [-0.3, -0.25) is 5.10 Å². The molecule has 1 atom stereocenters. The molecule has 3 aromatic heterocycles. The van der Waals surface area contributed by atoms with Gasteiger partial charge in [-0.2, -0.15) is 5.10 Å². The molecule has 3 heterocycles. The molecule has 1 aromatic carbocycles. The Morgan fingerprint density at radius 3 is 2.88 bits per heavy atom. The lowest BCUT2D eigenvalue weighted by atomic mass is 9.95. The molecule has 25 heavy (non-hydrogen) atoms. The van der Waals surface area contributed by atoms with Crippen molar-refractivity contribution in [3.63, 3.8) is 0 Å². The SMILES string of the molecule is Cc1ccc2[nH]nc(-c3cccc(C(C)Cc4nncn4C)c3)c2n1. The highest BCUT2D eigenvalue weighted by molar-refractivity contribution is 5.89. The molecule has 0 fully saturated rings. The predicted molar refractivity (Wildman–Crippen MR) is 97.2 cm³/mol. The Morgan fingerprint density at radius 1 is 1.20 bits per heavy atom. The molecule has 0 bridgehead atoms. The monoisotopic (exact) mass is 332 g/mol. The molecule has 6 heteroatoms. The third-order valence-electron chi connectivity index (χ3n) is 4.57. The van der Waals surface area contributed by atoms with Gasteiger partial charge >= 0.3 is 0 Å². The maximum Gasteiger partial charge on any atom is 0.133 e. The zero-order valence-electron chi connectivity index (χ0n) is 14.6. The maximum atomic E-state index is 4.64. The number of nitrogens with zero attached hydrogens (tertiary/aromatic N) is 5. The molecule has 0 radical (unpaired) electrons. The van der Waals surface area contributed by atoms with E-state index in [1.807, 2.05) is 30.7 Å². The Morgan fingerprint density at radius 2 is 2.08 bits per heavy atom. The van der Waals surface area contributed by atoms with Crippen LogP contribution < -0.4 is 0 Å². The zero-order chi connectivity index (χ0) is 17.4. The van der Waals surface area contributed by atoms with Crippen LogP contribution in [0.3, 0.4) is 0 Å². The minimum Gasteiger partial charge on any atom is -0.321 e. The second kappa shape index (κ2) is 6.12. The first-order valence-corrected chi connectivity index (χ1v) is 8.37. The first kappa shape index (κ1) is 15.5. The largest absolute Gasteiger partial charge is 0.321 e. The van der Waals surface area contributed by atoms with Gasteiger partial charge in [0.15, 0.2) is 0 Å². The Bertz CT molecular complexity index is 1030. The van der Waals surface area contributed by atoms with Crippen molar-refractivity contribution in [3.8, 4) is 11.3 Å². The van der Waals surface area contributed by atoms with Crippen molar-refractivity contribution in [3.05, 3.63) is 59.8 Å². The van der Waals surface area contributed by atoms with E-state index in [-0.39, 0.29) is 0 Å². The van der Waals surface area contributed by atoms with Crippen LogP contribution in [0.25, 0.3) is 22.3 Å². The highest BCUT2D eigenvalue weighted by atomic mass is 15.2. The average Bonchev–Trinajstić information content (AvgIpc) is 3.21. The Hall–Kier alpha value is -3.02. The lowest BCUT2D eigenvalue weighted by Crippen LogP contribution is -2.04. The van der Waals surface area contributed by atoms with Gasteiger partial charge < -0.3 is 4.57 Å². The highest BCUT2D eigenvalue weighted by Crippen LogP contribution is 2.28. The second-order valence-corrected chi connectivity index (χ2v) is 6.51. The summed E-state index contributed by atoms with van der Waals surface area (Å²) in [6.07, 6.45) is 2.58. The summed E-state index contributed by atoms with van der Waals surface area (Å²) in [5.74, 6) is 1.32. The quantitative estimate of drug-likeness (QED) is 0.621. The van der Waals surface area contributed by atoms with Crippen LogP contribution >= 0.6 is 0 Å². The standard InChI is InChI=1S/C19H20N6/c1-12(9-17-23-20-11-25(17)3)14-5-4-6-15(10-14)18-19-16(22-24-18)8-7-13(2)21-19/h4-8,10-12H,9H2,1-3H3,(H,22,24). The van der Waals surface area contributed by atoms with Crippen LogP contribution in [0.5, 0.6) is 0 Å². The molecule has 0 aliphatic carbocycles. The van der Waals surface area contributed by atoms with Gasteiger partial charge in [0.25, 0.3) is 0 Å². The summed E-state index contributed by atoms with van der Waals surface area (Å²) in [4.78, 5) is 4.64. The molecule has 0 saturated carbocycles. The number of rotatable bonds is 4. The van der Waals surface area contributed by atoms with Crippen LogP contribution in [-0.4, -0.2) is 29.9 Å². The van der Waals surface area contributed by atoms with Gasteiger partial charge in [-0.25, -0.2) is 4.98 Å². The number of aryl methyl sites for hydroxylation is 2. The van der Waals surface area contributed by atoms with Crippen molar-refractivity contribution >= 4 is 11.0 Å². The van der Waals surface area contributed by atoms with Gasteiger partial charge in [-0.15, -0.1) is 10.2 Å². The zero-order valence-corrected chi connectivity index (χ0v) is 14.6. The second-order valence-electron chi connectivity index (χ2n) is 6.51. The number of hydrogen-bond acceptors (Lipinski definition) is 4. The van der Waals surface area contributed by atoms with Crippen molar-refractivity contribution in [1.29, 1.82) is 0 Å². The summed E-state index contributed by atoms with van der Waals surface area (Å²) in [7, 11) is 1.97. The molecule has 1 N–H and O–H groups in total. The molecular formula is C19H20N6. The number of aromatic amines is 1. The van der Waals surface area contributed by atoms with E-state index >= 15 is 0 Å². The van der Waals surface area contributed by atoms with Crippen molar-refractivity contribution in [1.82, 2.24) is 29.9 Å². The number of H-pyrrole nitrogens is 1. The lowest BCUT2D eigenvalue weighted by Gasteiger charge is -2.12. The first-order chi connectivity index (χ1) is 12.1. The predicted octanol–water partition coefficient (Wildman–Crippen LogP) is 3.41. The summed E-state index contributed by atoms with van der Waals surface area (Å²) in [5, 5.41) is 15.7. The van der Waals surface area contributed by atoms with E-state index in [0.29, 0.717) is 5.92 Å². The van der Waals surface area contributed by atoms with Crippen LogP contribution in [-0.2, 0) is 13.5 Å². The minimum absolute atomic E-state index is 0.336. The van der Waals surface area contributed by atoms with E-state index in [4.69, 9.17) is 0 Å². The van der Waals surface area contributed by atoms with Crippen LogP contribution in [0.4, 0.5) is 0 Å². The number of hydrogen-bond donors (Lipinski definition) is 1. The van der Waals surface area contributed by atoms with Crippen LogP contribution in [0.1, 0.15) is 29.9 Å². The van der Waals surface area contributed by atoms with Crippen LogP contribution in [0.2, 0.25) is 0 Å². The Labute approximate surface area is 145 Å². The van der Waals surface area contributed by atoms with Gasteiger partial charge in [0, 0.05) is 24.7 Å². The number of nitrogens with one attached hydrogen (secondary N) is 1. The molecule has 6 nitrogen and oxygen atoms in total. The Kier molecular flexibility index (Phi) is 3.80. The van der Waals surface area contributed by atoms with Crippen molar-refractivity contribution < 1.29 is 0 Å². The van der Waals surface area contributed by atoms with Gasteiger partial charge in [0.1, 0.15) is 23.4 Å². The highest BCUT2D eigenvalue weighted by Gasteiger charge is 2.14. The maximum absolute atomic E-state index is 4.64. The third-order valence-corrected chi connectivity index (χ3v) is 4.57. The summed E-state index contributed by atoms with van der Waals surface area (Å²) in [6.45, 7) is 4.20. The molecule has 0 saturated heterocycles. The number of aromatic nitrogens is 6. The van der Waals surface area contributed by atoms with E-state index in [0.717, 1.165) is 40.2 Å². The average molecular weight is 332 g/mol. The summed E-state index contributed by atoms with van der Waals surface area (Å²) >= 11 is 0. The van der Waals surface area contributed by atoms with E-state index in [1.54, 1.807) is 6.33 Å². The van der Waals surface area contributed by atoms with Crippen molar-refractivity contribution in [2.45, 2.75) is 26.2 Å². The summed E-state index contributed by atoms with van der Waals surface area (Å²) in [5.41, 5.74) is 6.08. The number of benzene rings is 1. The summed E-state index contributed by atoms with van der Waals surface area (Å²) in [6, 6.07) is 12.5.